The van der Waals surface area contributed by atoms with E-state index >= 15 is 0 Å². The zero-order chi connectivity index (χ0) is 13.9. The first kappa shape index (κ1) is 14.5. The predicted octanol–water partition coefficient (Wildman–Crippen LogP) is 2.91. The van der Waals surface area contributed by atoms with Gasteiger partial charge in [-0.1, -0.05) is 13.8 Å². The molecular weight excluding hydrogens is 258 g/mol. The average molecular weight is 281 g/mol. The number of carbonyl (C=O) groups excluding carboxylic acids is 1. The number of fused-ring (bicyclic) bond motifs is 1. The van der Waals surface area contributed by atoms with Crippen LogP contribution in [0.5, 0.6) is 0 Å². The topological polar surface area (TPSA) is 49.3 Å². The van der Waals surface area contributed by atoms with Crippen LogP contribution in [0.1, 0.15) is 59.6 Å². The van der Waals surface area contributed by atoms with Gasteiger partial charge in [0.2, 0.25) is 0 Å². The number of aliphatic hydroxyl groups is 1. The molecule has 0 saturated heterocycles. The summed E-state index contributed by atoms with van der Waals surface area (Å²) >= 11 is 1.62. The summed E-state index contributed by atoms with van der Waals surface area (Å²) in [5, 5.41) is 13.0. The molecule has 1 aliphatic carbocycles. The van der Waals surface area contributed by atoms with E-state index in [-0.39, 0.29) is 5.91 Å². The van der Waals surface area contributed by atoms with E-state index in [2.05, 4.69) is 5.32 Å². The summed E-state index contributed by atoms with van der Waals surface area (Å²) < 4.78 is 0. The van der Waals surface area contributed by atoms with E-state index in [9.17, 15) is 9.90 Å². The SMILES string of the molecule is CCC(O)(CC)CNC(=O)c1cc2c(s1)CCCC2. The minimum atomic E-state index is -0.771. The Morgan fingerprint density at radius 1 is 1.37 bits per heavy atom. The molecule has 19 heavy (non-hydrogen) atoms. The molecule has 3 nitrogen and oxygen atoms in total. The van der Waals surface area contributed by atoms with Gasteiger partial charge in [-0.25, -0.2) is 0 Å². The maximum Gasteiger partial charge on any atom is 0.261 e. The monoisotopic (exact) mass is 281 g/mol. The van der Waals surface area contributed by atoms with Crippen LogP contribution < -0.4 is 5.32 Å². The van der Waals surface area contributed by atoms with Gasteiger partial charge in [-0.15, -0.1) is 11.3 Å². The molecule has 0 bridgehead atoms. The Kier molecular flexibility index (Phi) is 4.63. The summed E-state index contributed by atoms with van der Waals surface area (Å²) in [6.07, 6.45) is 6.00. The third-order valence-corrected chi connectivity index (χ3v) is 5.35. The number of nitrogens with one attached hydrogen (secondary N) is 1. The Bertz CT molecular complexity index is 425. The van der Waals surface area contributed by atoms with Crippen LogP contribution in [0.2, 0.25) is 0 Å². The van der Waals surface area contributed by atoms with Crippen molar-refractivity contribution in [2.24, 2.45) is 0 Å². The van der Waals surface area contributed by atoms with Gasteiger partial charge >= 0.3 is 0 Å². The Hall–Kier alpha value is -0.870. The summed E-state index contributed by atoms with van der Waals surface area (Å²) in [5.41, 5.74) is 0.578. The van der Waals surface area contributed by atoms with Crippen molar-refractivity contribution in [3.63, 3.8) is 0 Å². The number of amides is 1. The molecule has 0 saturated carbocycles. The smallest absolute Gasteiger partial charge is 0.261 e. The summed E-state index contributed by atoms with van der Waals surface area (Å²) in [5.74, 6) is -0.0419. The second kappa shape index (κ2) is 6.06. The zero-order valence-electron chi connectivity index (χ0n) is 11.8. The lowest BCUT2D eigenvalue weighted by Crippen LogP contribution is -2.41. The van der Waals surface area contributed by atoms with Crippen molar-refractivity contribution >= 4 is 17.2 Å². The number of aryl methyl sites for hydroxylation is 2. The van der Waals surface area contributed by atoms with Gasteiger partial charge in [-0.3, -0.25) is 4.79 Å². The molecule has 2 rings (SSSR count). The van der Waals surface area contributed by atoms with Crippen molar-refractivity contribution < 1.29 is 9.90 Å². The van der Waals surface area contributed by atoms with Gasteiger partial charge in [0.15, 0.2) is 0 Å². The molecule has 2 N–H and O–H groups in total. The molecule has 1 heterocycles. The molecule has 0 fully saturated rings. The predicted molar refractivity (Wildman–Crippen MR) is 78.8 cm³/mol. The Morgan fingerprint density at radius 3 is 2.68 bits per heavy atom. The highest BCUT2D eigenvalue weighted by molar-refractivity contribution is 7.14. The Labute approximate surface area is 119 Å². The molecule has 0 atom stereocenters. The number of hydrogen-bond donors (Lipinski definition) is 2. The van der Waals surface area contributed by atoms with Gasteiger partial charge in [-0.05, 0) is 50.2 Å². The van der Waals surface area contributed by atoms with Crippen LogP contribution in [0, 0.1) is 0 Å². The van der Waals surface area contributed by atoms with Crippen molar-refractivity contribution in [1.29, 1.82) is 0 Å². The molecule has 106 valence electrons. The summed E-state index contributed by atoms with van der Waals surface area (Å²) in [6, 6.07) is 2.03. The van der Waals surface area contributed by atoms with E-state index in [1.54, 1.807) is 11.3 Å². The van der Waals surface area contributed by atoms with Crippen LogP contribution in [0.25, 0.3) is 0 Å². The fourth-order valence-corrected chi connectivity index (χ4v) is 3.60. The van der Waals surface area contributed by atoms with Crippen LogP contribution in [-0.4, -0.2) is 23.2 Å². The van der Waals surface area contributed by atoms with Crippen molar-refractivity contribution in [3.8, 4) is 0 Å². The first-order chi connectivity index (χ1) is 9.08. The molecular formula is C15H23NO2S. The van der Waals surface area contributed by atoms with Gasteiger partial charge in [0, 0.05) is 11.4 Å². The fraction of sp³-hybridized carbons (Fsp3) is 0.667. The van der Waals surface area contributed by atoms with Crippen LogP contribution in [0.3, 0.4) is 0 Å². The maximum absolute atomic E-state index is 12.1. The number of carbonyl (C=O) groups is 1. The lowest BCUT2D eigenvalue weighted by atomic mass is 9.97. The van der Waals surface area contributed by atoms with Gasteiger partial charge < -0.3 is 10.4 Å². The molecule has 1 amide bonds. The summed E-state index contributed by atoms with van der Waals surface area (Å²) in [6.45, 7) is 4.22. The van der Waals surface area contributed by atoms with E-state index in [1.807, 2.05) is 19.9 Å². The zero-order valence-corrected chi connectivity index (χ0v) is 12.6. The van der Waals surface area contributed by atoms with Crippen molar-refractivity contribution in [3.05, 3.63) is 21.4 Å². The van der Waals surface area contributed by atoms with Crippen LogP contribution in [0.4, 0.5) is 0 Å². The Balaban J connectivity index is 1.98. The van der Waals surface area contributed by atoms with Gasteiger partial charge in [-0.2, -0.15) is 0 Å². The molecule has 0 radical (unpaired) electrons. The third kappa shape index (κ3) is 3.37. The number of thiophene rings is 1. The van der Waals surface area contributed by atoms with Gasteiger partial charge in [0.05, 0.1) is 10.5 Å². The first-order valence-corrected chi connectivity index (χ1v) is 8.02. The standard InChI is InChI=1S/C15H23NO2S/c1-3-15(18,4-2)10-16-14(17)13-9-11-7-5-6-8-12(11)19-13/h9,18H,3-8,10H2,1-2H3,(H,16,17). The fourth-order valence-electron chi connectivity index (χ4n) is 2.43. The molecule has 1 aromatic heterocycles. The van der Waals surface area contributed by atoms with E-state index in [0.717, 1.165) is 17.7 Å². The third-order valence-electron chi connectivity index (χ3n) is 4.11. The Morgan fingerprint density at radius 2 is 2.05 bits per heavy atom. The highest BCUT2D eigenvalue weighted by Crippen LogP contribution is 2.29. The van der Waals surface area contributed by atoms with Gasteiger partial charge in [0.25, 0.3) is 5.91 Å². The minimum absolute atomic E-state index is 0.0419. The second-order valence-corrected chi connectivity index (χ2v) is 6.52. The largest absolute Gasteiger partial charge is 0.388 e. The van der Waals surface area contributed by atoms with E-state index in [0.29, 0.717) is 19.4 Å². The highest BCUT2D eigenvalue weighted by Gasteiger charge is 2.24. The summed E-state index contributed by atoms with van der Waals surface area (Å²) in [7, 11) is 0. The molecule has 0 unspecified atom stereocenters. The number of hydrogen-bond acceptors (Lipinski definition) is 3. The average Bonchev–Trinajstić information content (AvgIpc) is 2.88. The molecule has 0 aliphatic heterocycles. The van der Waals surface area contributed by atoms with Crippen molar-refractivity contribution in [1.82, 2.24) is 5.32 Å². The van der Waals surface area contributed by atoms with E-state index < -0.39 is 5.60 Å². The van der Waals surface area contributed by atoms with Crippen molar-refractivity contribution in [2.45, 2.75) is 58.0 Å². The van der Waals surface area contributed by atoms with Crippen LogP contribution >= 0.6 is 11.3 Å². The van der Waals surface area contributed by atoms with Crippen LogP contribution in [-0.2, 0) is 12.8 Å². The minimum Gasteiger partial charge on any atom is -0.388 e. The molecule has 0 aromatic carbocycles. The second-order valence-electron chi connectivity index (χ2n) is 5.38. The quantitative estimate of drug-likeness (QED) is 0.872. The highest BCUT2D eigenvalue weighted by atomic mass is 32.1. The summed E-state index contributed by atoms with van der Waals surface area (Å²) in [4.78, 5) is 14.3. The maximum atomic E-state index is 12.1. The molecule has 0 spiro atoms. The normalized spacial score (nSPS) is 15.1. The number of rotatable bonds is 5. The van der Waals surface area contributed by atoms with Crippen molar-refractivity contribution in [2.75, 3.05) is 6.54 Å². The van der Waals surface area contributed by atoms with E-state index in [4.69, 9.17) is 0 Å². The molecule has 1 aromatic rings. The van der Waals surface area contributed by atoms with Gasteiger partial charge in [0.1, 0.15) is 0 Å². The lowest BCUT2D eigenvalue weighted by molar-refractivity contribution is 0.0314. The van der Waals surface area contributed by atoms with E-state index in [1.165, 1.54) is 23.3 Å². The first-order valence-electron chi connectivity index (χ1n) is 7.20. The lowest BCUT2D eigenvalue weighted by Gasteiger charge is -2.25. The molecule has 1 aliphatic rings. The molecule has 4 heteroatoms. The van der Waals surface area contributed by atoms with Crippen LogP contribution in [0.15, 0.2) is 6.07 Å².